The number of aliphatic hydroxyl groups is 1. The van der Waals surface area contributed by atoms with Gasteiger partial charge >= 0.3 is 0 Å². The first-order valence-electron chi connectivity index (χ1n) is 8.42. The first-order valence-corrected chi connectivity index (χ1v) is 8.42. The molecule has 0 aromatic carbocycles. The van der Waals surface area contributed by atoms with E-state index in [0.717, 1.165) is 38.3 Å². The Balaban J connectivity index is 2.07. The van der Waals surface area contributed by atoms with Crippen molar-refractivity contribution >= 4 is 0 Å². The highest BCUT2D eigenvalue weighted by atomic mass is 16.5. The van der Waals surface area contributed by atoms with Gasteiger partial charge in [-0.2, -0.15) is 0 Å². The fourth-order valence-corrected chi connectivity index (χ4v) is 2.75. The van der Waals surface area contributed by atoms with Crippen molar-refractivity contribution in [1.29, 1.82) is 0 Å². The molecule has 4 nitrogen and oxygen atoms in total. The molecule has 1 aliphatic rings. The van der Waals surface area contributed by atoms with Crippen molar-refractivity contribution in [3.05, 3.63) is 0 Å². The van der Waals surface area contributed by atoms with Gasteiger partial charge in [0, 0.05) is 26.8 Å². The van der Waals surface area contributed by atoms with E-state index in [4.69, 9.17) is 9.47 Å². The SMILES string of the molecule is COCCC(C)(C)CNCC(O)COC1CCC(C)CC1. The lowest BCUT2D eigenvalue weighted by Gasteiger charge is -2.28. The van der Waals surface area contributed by atoms with E-state index in [1.54, 1.807) is 7.11 Å². The first-order chi connectivity index (χ1) is 9.93. The van der Waals surface area contributed by atoms with Crippen molar-refractivity contribution < 1.29 is 14.6 Å². The molecule has 1 aliphatic carbocycles. The van der Waals surface area contributed by atoms with Gasteiger partial charge in [0.1, 0.15) is 0 Å². The van der Waals surface area contributed by atoms with Gasteiger partial charge in [-0.25, -0.2) is 0 Å². The summed E-state index contributed by atoms with van der Waals surface area (Å²) in [6.45, 7) is 9.44. The largest absolute Gasteiger partial charge is 0.389 e. The van der Waals surface area contributed by atoms with Gasteiger partial charge in [0.15, 0.2) is 0 Å². The van der Waals surface area contributed by atoms with Crippen LogP contribution in [0.25, 0.3) is 0 Å². The minimum absolute atomic E-state index is 0.191. The van der Waals surface area contributed by atoms with Crippen LogP contribution in [0.2, 0.25) is 0 Å². The molecule has 0 spiro atoms. The zero-order chi connectivity index (χ0) is 15.7. The summed E-state index contributed by atoms with van der Waals surface area (Å²) in [6, 6.07) is 0. The van der Waals surface area contributed by atoms with Crippen molar-refractivity contribution in [3.63, 3.8) is 0 Å². The molecule has 21 heavy (non-hydrogen) atoms. The Morgan fingerprint density at radius 1 is 1.24 bits per heavy atom. The van der Waals surface area contributed by atoms with Crippen molar-refractivity contribution in [2.75, 3.05) is 33.4 Å². The summed E-state index contributed by atoms with van der Waals surface area (Å²) in [4.78, 5) is 0. The molecule has 0 aromatic rings. The lowest BCUT2D eigenvalue weighted by Crippen LogP contribution is -2.37. The second-order valence-corrected chi connectivity index (χ2v) is 7.41. The Morgan fingerprint density at radius 3 is 2.52 bits per heavy atom. The van der Waals surface area contributed by atoms with Crippen LogP contribution in [-0.2, 0) is 9.47 Å². The maximum Gasteiger partial charge on any atom is 0.0897 e. The molecule has 1 rings (SSSR count). The van der Waals surface area contributed by atoms with Gasteiger partial charge in [-0.05, 0) is 43.4 Å². The molecule has 4 heteroatoms. The molecule has 1 atom stereocenters. The molecular weight excluding hydrogens is 266 g/mol. The Bertz CT molecular complexity index is 263. The van der Waals surface area contributed by atoms with Crippen LogP contribution in [0.1, 0.15) is 52.9 Å². The number of ether oxygens (including phenoxy) is 2. The van der Waals surface area contributed by atoms with Crippen molar-refractivity contribution in [2.45, 2.75) is 65.1 Å². The fourth-order valence-electron chi connectivity index (χ4n) is 2.75. The predicted octanol–water partition coefficient (Wildman–Crippen LogP) is 2.59. The third-order valence-electron chi connectivity index (χ3n) is 4.45. The fraction of sp³-hybridized carbons (Fsp3) is 1.00. The molecule has 0 radical (unpaired) electrons. The van der Waals surface area contributed by atoms with Crippen LogP contribution >= 0.6 is 0 Å². The Labute approximate surface area is 130 Å². The highest BCUT2D eigenvalue weighted by Crippen LogP contribution is 2.25. The minimum Gasteiger partial charge on any atom is -0.389 e. The monoisotopic (exact) mass is 301 g/mol. The van der Waals surface area contributed by atoms with Crippen molar-refractivity contribution in [1.82, 2.24) is 5.32 Å². The second kappa shape index (κ2) is 9.78. The maximum absolute atomic E-state index is 9.99. The van der Waals surface area contributed by atoms with Crippen LogP contribution in [0, 0.1) is 11.3 Å². The maximum atomic E-state index is 9.99. The van der Waals surface area contributed by atoms with Gasteiger partial charge in [0.05, 0.1) is 18.8 Å². The number of nitrogens with one attached hydrogen (secondary N) is 1. The zero-order valence-electron chi connectivity index (χ0n) is 14.4. The molecule has 0 aromatic heterocycles. The summed E-state index contributed by atoms with van der Waals surface area (Å²) in [5, 5.41) is 13.3. The zero-order valence-corrected chi connectivity index (χ0v) is 14.4. The highest BCUT2D eigenvalue weighted by molar-refractivity contribution is 4.74. The van der Waals surface area contributed by atoms with Crippen LogP contribution < -0.4 is 5.32 Å². The predicted molar refractivity (Wildman–Crippen MR) is 86.5 cm³/mol. The summed E-state index contributed by atoms with van der Waals surface area (Å²) in [7, 11) is 1.73. The average Bonchev–Trinajstić information content (AvgIpc) is 2.44. The topological polar surface area (TPSA) is 50.7 Å². The molecular formula is C17H35NO3. The molecule has 0 aliphatic heterocycles. The van der Waals surface area contributed by atoms with E-state index in [9.17, 15) is 5.11 Å². The summed E-state index contributed by atoms with van der Waals surface area (Å²) in [5.41, 5.74) is 0.191. The first kappa shape index (κ1) is 18.9. The molecule has 1 fully saturated rings. The van der Waals surface area contributed by atoms with Gasteiger partial charge in [-0.3, -0.25) is 0 Å². The molecule has 0 heterocycles. The second-order valence-electron chi connectivity index (χ2n) is 7.41. The van der Waals surface area contributed by atoms with Crippen LogP contribution in [0.15, 0.2) is 0 Å². The molecule has 0 saturated heterocycles. The number of hydrogen-bond acceptors (Lipinski definition) is 4. The quantitative estimate of drug-likeness (QED) is 0.651. The smallest absolute Gasteiger partial charge is 0.0897 e. The normalized spacial score (nSPS) is 25.0. The summed E-state index contributed by atoms with van der Waals surface area (Å²) in [6.07, 6.45) is 5.76. The van der Waals surface area contributed by atoms with Crippen LogP contribution in [0.4, 0.5) is 0 Å². The number of aliphatic hydroxyl groups excluding tert-OH is 1. The minimum atomic E-state index is -0.414. The third-order valence-corrected chi connectivity index (χ3v) is 4.45. The van der Waals surface area contributed by atoms with Gasteiger partial charge in [-0.15, -0.1) is 0 Å². The summed E-state index contributed by atoms with van der Waals surface area (Å²) < 4.78 is 11.0. The Kier molecular flexibility index (Phi) is 8.79. The Morgan fingerprint density at radius 2 is 1.90 bits per heavy atom. The number of methoxy groups -OCH3 is 1. The van der Waals surface area contributed by atoms with E-state index in [1.807, 2.05) is 0 Å². The molecule has 0 amide bonds. The lowest BCUT2D eigenvalue weighted by atomic mass is 9.89. The summed E-state index contributed by atoms with van der Waals surface area (Å²) >= 11 is 0. The number of rotatable bonds is 10. The van der Waals surface area contributed by atoms with Crippen molar-refractivity contribution in [2.24, 2.45) is 11.3 Å². The van der Waals surface area contributed by atoms with Gasteiger partial charge in [0.2, 0.25) is 0 Å². The van der Waals surface area contributed by atoms with E-state index in [0.29, 0.717) is 19.3 Å². The van der Waals surface area contributed by atoms with Crippen LogP contribution in [0.5, 0.6) is 0 Å². The standard InChI is InChI=1S/C17H35NO3/c1-14-5-7-16(8-6-14)21-12-15(19)11-18-13-17(2,3)9-10-20-4/h14-16,18-19H,5-13H2,1-4H3. The van der Waals surface area contributed by atoms with Crippen LogP contribution in [0.3, 0.4) is 0 Å². The van der Waals surface area contributed by atoms with E-state index in [1.165, 1.54) is 12.8 Å². The van der Waals surface area contributed by atoms with Gasteiger partial charge in [-0.1, -0.05) is 20.8 Å². The molecule has 1 saturated carbocycles. The van der Waals surface area contributed by atoms with Gasteiger partial charge in [0.25, 0.3) is 0 Å². The van der Waals surface area contributed by atoms with E-state index in [2.05, 4.69) is 26.1 Å². The Hall–Kier alpha value is -0.160. The number of hydrogen-bond donors (Lipinski definition) is 2. The highest BCUT2D eigenvalue weighted by Gasteiger charge is 2.20. The van der Waals surface area contributed by atoms with E-state index >= 15 is 0 Å². The average molecular weight is 301 g/mol. The third kappa shape index (κ3) is 8.77. The summed E-state index contributed by atoms with van der Waals surface area (Å²) in [5.74, 6) is 0.839. The van der Waals surface area contributed by atoms with E-state index in [-0.39, 0.29) is 5.41 Å². The molecule has 1 unspecified atom stereocenters. The van der Waals surface area contributed by atoms with E-state index < -0.39 is 6.10 Å². The molecule has 2 N–H and O–H groups in total. The van der Waals surface area contributed by atoms with Gasteiger partial charge < -0.3 is 19.9 Å². The lowest BCUT2D eigenvalue weighted by molar-refractivity contribution is -0.0283. The molecule has 126 valence electrons. The van der Waals surface area contributed by atoms with Crippen molar-refractivity contribution in [3.8, 4) is 0 Å². The van der Waals surface area contributed by atoms with Crippen LogP contribution in [-0.4, -0.2) is 50.7 Å². The molecule has 0 bridgehead atoms.